The van der Waals surface area contributed by atoms with Gasteiger partial charge in [0.25, 0.3) is 6.47 Å². The first-order chi connectivity index (χ1) is 5.86. The number of carboxylic acid groups (broad SMARTS) is 2. The highest BCUT2D eigenvalue weighted by Gasteiger charge is 2.47. The van der Waals surface area contributed by atoms with Gasteiger partial charge in [0.1, 0.15) is 0 Å². The third kappa shape index (κ3) is 2.15. The molecule has 0 aliphatic carbocycles. The van der Waals surface area contributed by atoms with Crippen molar-refractivity contribution in [2.75, 3.05) is 0 Å². The van der Waals surface area contributed by atoms with Crippen molar-refractivity contribution in [3.05, 3.63) is 0 Å². The lowest BCUT2D eigenvalue weighted by atomic mass is 9.99. The quantitative estimate of drug-likeness (QED) is 0.450. The maximum Gasteiger partial charge on any atom is 0.351 e. The molecule has 0 aromatic carbocycles. The molecule has 0 aliphatic rings. The smallest absolute Gasteiger partial charge is 0.351 e. The van der Waals surface area contributed by atoms with E-state index in [2.05, 4.69) is 4.74 Å². The van der Waals surface area contributed by atoms with Crippen molar-refractivity contribution in [1.29, 1.82) is 0 Å². The Balaban J connectivity index is 4.87. The van der Waals surface area contributed by atoms with E-state index in [4.69, 9.17) is 15.3 Å². The first-order valence-corrected chi connectivity index (χ1v) is 3.12. The van der Waals surface area contributed by atoms with Crippen molar-refractivity contribution in [2.45, 2.75) is 18.6 Å². The van der Waals surface area contributed by atoms with E-state index in [-0.39, 0.29) is 6.47 Å². The number of aliphatic hydroxyl groups excluding tert-OH is 1. The van der Waals surface area contributed by atoms with Crippen molar-refractivity contribution >= 4 is 18.4 Å². The molecule has 0 amide bonds. The molecule has 2 unspecified atom stereocenters. The SMILES string of the molecule is CC(OC=O)(C(=O)O)C(O)C(=O)O. The van der Waals surface area contributed by atoms with Crippen LogP contribution in [0, 0.1) is 0 Å². The second kappa shape index (κ2) is 3.85. The molecule has 0 saturated heterocycles. The fourth-order valence-electron chi connectivity index (χ4n) is 0.567. The molecule has 74 valence electrons. The van der Waals surface area contributed by atoms with Gasteiger partial charge in [0.2, 0.25) is 11.7 Å². The van der Waals surface area contributed by atoms with Gasteiger partial charge in [0.05, 0.1) is 0 Å². The monoisotopic (exact) mass is 192 g/mol. The zero-order valence-electron chi connectivity index (χ0n) is 6.63. The largest absolute Gasteiger partial charge is 0.479 e. The average molecular weight is 192 g/mol. The van der Waals surface area contributed by atoms with Gasteiger partial charge in [-0.1, -0.05) is 0 Å². The van der Waals surface area contributed by atoms with Gasteiger partial charge in [-0.2, -0.15) is 0 Å². The molecule has 0 aromatic rings. The summed E-state index contributed by atoms with van der Waals surface area (Å²) in [5.74, 6) is -3.53. The summed E-state index contributed by atoms with van der Waals surface area (Å²) in [7, 11) is 0. The molecule has 0 aliphatic heterocycles. The number of carbonyl (C=O) groups is 3. The highest BCUT2D eigenvalue weighted by molar-refractivity contribution is 5.87. The molecule has 0 spiro atoms. The fraction of sp³-hybridized carbons (Fsp3) is 0.500. The van der Waals surface area contributed by atoms with Gasteiger partial charge in [-0.3, -0.25) is 4.79 Å². The molecule has 3 N–H and O–H groups in total. The minimum atomic E-state index is -2.46. The van der Waals surface area contributed by atoms with Gasteiger partial charge in [-0.15, -0.1) is 0 Å². The summed E-state index contributed by atoms with van der Waals surface area (Å²) in [5, 5.41) is 25.6. The molecule has 0 fully saturated rings. The van der Waals surface area contributed by atoms with Crippen LogP contribution in [0.25, 0.3) is 0 Å². The zero-order valence-corrected chi connectivity index (χ0v) is 6.63. The molecule has 0 saturated carbocycles. The number of carbonyl (C=O) groups excluding carboxylic acids is 1. The maximum atomic E-state index is 10.4. The summed E-state index contributed by atoms with van der Waals surface area (Å²) in [6.07, 6.45) is -2.31. The van der Waals surface area contributed by atoms with E-state index in [1.807, 2.05) is 0 Å². The molecule has 7 nitrogen and oxygen atoms in total. The molecule has 0 radical (unpaired) electrons. The Morgan fingerprint density at radius 3 is 2.15 bits per heavy atom. The Kier molecular flexibility index (Phi) is 3.37. The molecule has 0 bridgehead atoms. The lowest BCUT2D eigenvalue weighted by Crippen LogP contribution is -2.52. The van der Waals surface area contributed by atoms with Crippen molar-refractivity contribution in [1.82, 2.24) is 0 Å². The number of aliphatic hydroxyl groups is 1. The zero-order chi connectivity index (χ0) is 10.6. The lowest BCUT2D eigenvalue weighted by Gasteiger charge is -2.24. The predicted octanol–water partition coefficient (Wildman–Crippen LogP) is -1.55. The van der Waals surface area contributed by atoms with Crippen LogP contribution >= 0.6 is 0 Å². The number of hydrogen-bond acceptors (Lipinski definition) is 5. The summed E-state index contributed by atoms with van der Waals surface area (Å²) in [5.41, 5.74) is -2.46. The van der Waals surface area contributed by atoms with Crippen LogP contribution in [0.4, 0.5) is 0 Å². The van der Waals surface area contributed by atoms with Crippen LogP contribution in [-0.4, -0.2) is 45.4 Å². The summed E-state index contributed by atoms with van der Waals surface area (Å²) in [6.45, 7) is 0.544. The Bertz CT molecular complexity index is 235. The van der Waals surface area contributed by atoms with Crippen LogP contribution in [-0.2, 0) is 19.1 Å². The number of carboxylic acids is 2. The molecule has 13 heavy (non-hydrogen) atoms. The van der Waals surface area contributed by atoms with Crippen LogP contribution in [0.15, 0.2) is 0 Å². The first-order valence-electron chi connectivity index (χ1n) is 3.12. The van der Waals surface area contributed by atoms with E-state index in [0.29, 0.717) is 0 Å². The van der Waals surface area contributed by atoms with Crippen molar-refractivity contribution in [2.24, 2.45) is 0 Å². The second-order valence-electron chi connectivity index (χ2n) is 2.37. The Labute approximate surface area is 72.5 Å². The Hall–Kier alpha value is -1.63. The normalized spacial score (nSPS) is 16.8. The topological polar surface area (TPSA) is 121 Å². The first kappa shape index (κ1) is 11.4. The minimum Gasteiger partial charge on any atom is -0.479 e. The molecular formula is C6H8O7. The third-order valence-corrected chi connectivity index (χ3v) is 1.47. The van der Waals surface area contributed by atoms with Crippen molar-refractivity contribution in [3.8, 4) is 0 Å². The second-order valence-corrected chi connectivity index (χ2v) is 2.37. The van der Waals surface area contributed by atoms with Gasteiger partial charge in [-0.05, 0) is 6.92 Å². The molecule has 0 rings (SSSR count). The van der Waals surface area contributed by atoms with E-state index >= 15 is 0 Å². The van der Waals surface area contributed by atoms with Crippen LogP contribution in [0.3, 0.4) is 0 Å². The standard InChI is InChI=1S/C6H8O7/c1-6(5(11)12,13-2-7)3(8)4(9)10/h2-3,8H,1H3,(H,9,10)(H,11,12). The van der Waals surface area contributed by atoms with E-state index < -0.39 is 23.6 Å². The van der Waals surface area contributed by atoms with Gasteiger partial charge < -0.3 is 20.1 Å². The summed E-state index contributed by atoms with van der Waals surface area (Å²) in [4.78, 5) is 30.5. The van der Waals surface area contributed by atoms with Crippen molar-refractivity contribution < 1.29 is 34.4 Å². The van der Waals surface area contributed by atoms with Gasteiger partial charge in [0.15, 0.2) is 0 Å². The maximum absolute atomic E-state index is 10.4. The summed E-state index contributed by atoms with van der Waals surface area (Å²) in [6, 6.07) is 0. The number of hydrogen-bond donors (Lipinski definition) is 3. The fourth-order valence-corrected chi connectivity index (χ4v) is 0.567. The van der Waals surface area contributed by atoms with Crippen LogP contribution in [0.1, 0.15) is 6.92 Å². The Morgan fingerprint density at radius 2 is 1.92 bits per heavy atom. The highest BCUT2D eigenvalue weighted by atomic mass is 16.6. The van der Waals surface area contributed by atoms with Crippen LogP contribution < -0.4 is 0 Å². The van der Waals surface area contributed by atoms with Gasteiger partial charge >= 0.3 is 11.9 Å². The van der Waals surface area contributed by atoms with Gasteiger partial charge in [0, 0.05) is 0 Å². The van der Waals surface area contributed by atoms with Crippen LogP contribution in [0.5, 0.6) is 0 Å². The van der Waals surface area contributed by atoms with Gasteiger partial charge in [-0.25, -0.2) is 9.59 Å². The summed E-state index contributed by atoms with van der Waals surface area (Å²) < 4.78 is 4.00. The lowest BCUT2D eigenvalue weighted by molar-refractivity contribution is -0.189. The average Bonchev–Trinajstić information content (AvgIpc) is 2.02. The molecule has 0 aromatic heterocycles. The third-order valence-electron chi connectivity index (χ3n) is 1.47. The molecule has 0 heterocycles. The highest BCUT2D eigenvalue weighted by Crippen LogP contribution is 2.15. The predicted molar refractivity (Wildman–Crippen MR) is 36.8 cm³/mol. The van der Waals surface area contributed by atoms with Crippen LogP contribution in [0.2, 0.25) is 0 Å². The Morgan fingerprint density at radius 1 is 1.46 bits per heavy atom. The number of rotatable bonds is 5. The molecule has 2 atom stereocenters. The molecule has 7 heteroatoms. The van der Waals surface area contributed by atoms with E-state index in [0.717, 1.165) is 6.92 Å². The van der Waals surface area contributed by atoms with E-state index in [1.165, 1.54) is 0 Å². The minimum absolute atomic E-state index is 0.236. The van der Waals surface area contributed by atoms with E-state index in [1.54, 1.807) is 0 Å². The summed E-state index contributed by atoms with van der Waals surface area (Å²) >= 11 is 0. The van der Waals surface area contributed by atoms with Crippen molar-refractivity contribution in [3.63, 3.8) is 0 Å². The number of ether oxygens (including phenoxy) is 1. The van der Waals surface area contributed by atoms with E-state index in [9.17, 15) is 14.4 Å². The number of aliphatic carboxylic acids is 2. The molecular weight excluding hydrogens is 184 g/mol.